The van der Waals surface area contributed by atoms with Crippen molar-refractivity contribution in [3.05, 3.63) is 11.6 Å². The van der Waals surface area contributed by atoms with E-state index in [0.717, 1.165) is 37.9 Å². The molecule has 2 nitrogen and oxygen atoms in total. The van der Waals surface area contributed by atoms with E-state index in [0.29, 0.717) is 5.41 Å². The summed E-state index contributed by atoms with van der Waals surface area (Å²) in [6.45, 7) is 6.60. The highest BCUT2D eigenvalue weighted by molar-refractivity contribution is 5.20. The van der Waals surface area contributed by atoms with Crippen LogP contribution in [0.25, 0.3) is 0 Å². The molecule has 2 atom stereocenters. The minimum Gasteiger partial charge on any atom is -0.353 e. The number of hydrogen-bond donors (Lipinski definition) is 0. The van der Waals surface area contributed by atoms with Gasteiger partial charge in [-0.05, 0) is 42.9 Å². The summed E-state index contributed by atoms with van der Waals surface area (Å²) in [7, 11) is 0. The zero-order chi connectivity index (χ0) is 11.9. The SMILES string of the molecule is CC1(C)[C@@H]2CC=C(CCC3OCCCO3)C[C@@H]21. The van der Waals surface area contributed by atoms with Crippen LogP contribution in [0.15, 0.2) is 11.6 Å². The molecule has 1 aliphatic heterocycles. The molecule has 0 aromatic carbocycles. The van der Waals surface area contributed by atoms with Crippen molar-refractivity contribution in [3.8, 4) is 0 Å². The molecule has 1 saturated heterocycles. The molecule has 0 aromatic heterocycles. The van der Waals surface area contributed by atoms with Crippen molar-refractivity contribution in [2.75, 3.05) is 13.2 Å². The van der Waals surface area contributed by atoms with Crippen LogP contribution in [0.2, 0.25) is 0 Å². The highest BCUT2D eigenvalue weighted by atomic mass is 16.7. The summed E-state index contributed by atoms with van der Waals surface area (Å²) in [5, 5.41) is 0. The molecule has 2 aliphatic carbocycles. The first kappa shape index (κ1) is 11.7. The Bertz CT molecular complexity index is 313. The first-order valence-electron chi connectivity index (χ1n) is 7.09. The summed E-state index contributed by atoms with van der Waals surface area (Å²) in [6.07, 6.45) is 8.45. The van der Waals surface area contributed by atoms with E-state index in [9.17, 15) is 0 Å². The molecular weight excluding hydrogens is 212 g/mol. The second-order valence-corrected chi connectivity index (χ2v) is 6.40. The lowest BCUT2D eigenvalue weighted by Crippen LogP contribution is -2.24. The van der Waals surface area contributed by atoms with E-state index < -0.39 is 0 Å². The number of hydrogen-bond acceptors (Lipinski definition) is 2. The van der Waals surface area contributed by atoms with Crippen LogP contribution in [-0.2, 0) is 9.47 Å². The van der Waals surface area contributed by atoms with Crippen LogP contribution in [0.5, 0.6) is 0 Å². The van der Waals surface area contributed by atoms with Crippen LogP contribution in [0.1, 0.15) is 46.0 Å². The molecule has 0 aromatic rings. The Hall–Kier alpha value is -0.340. The minimum absolute atomic E-state index is 0.0644. The molecule has 3 aliphatic rings. The molecule has 96 valence electrons. The Morgan fingerprint density at radius 3 is 2.71 bits per heavy atom. The van der Waals surface area contributed by atoms with Crippen LogP contribution >= 0.6 is 0 Å². The van der Waals surface area contributed by atoms with Gasteiger partial charge in [-0.3, -0.25) is 0 Å². The lowest BCUT2D eigenvalue weighted by Gasteiger charge is -2.24. The lowest BCUT2D eigenvalue weighted by atomic mass is 9.96. The Morgan fingerprint density at radius 2 is 2.00 bits per heavy atom. The fraction of sp³-hybridized carbons (Fsp3) is 0.867. The summed E-state index contributed by atoms with van der Waals surface area (Å²) in [4.78, 5) is 0. The average Bonchev–Trinajstić information content (AvgIpc) is 2.90. The fourth-order valence-electron chi connectivity index (χ4n) is 3.60. The standard InChI is InChI=1S/C15H24O2/c1-15(2)12-6-4-11(10-13(12)15)5-7-14-16-8-3-9-17-14/h4,12-14H,3,5-10H2,1-2H3/t12-,13+/m1/s1. The maximum absolute atomic E-state index is 5.60. The summed E-state index contributed by atoms with van der Waals surface area (Å²) in [5.74, 6) is 1.92. The van der Waals surface area contributed by atoms with Gasteiger partial charge >= 0.3 is 0 Å². The normalized spacial score (nSPS) is 36.2. The summed E-state index contributed by atoms with van der Waals surface area (Å²) in [6, 6.07) is 0. The molecule has 17 heavy (non-hydrogen) atoms. The average molecular weight is 236 g/mol. The first-order chi connectivity index (χ1) is 8.18. The monoisotopic (exact) mass is 236 g/mol. The van der Waals surface area contributed by atoms with Gasteiger partial charge in [0.2, 0.25) is 0 Å². The number of rotatable bonds is 3. The maximum Gasteiger partial charge on any atom is 0.157 e. The predicted molar refractivity (Wildman–Crippen MR) is 67.6 cm³/mol. The van der Waals surface area contributed by atoms with Gasteiger partial charge in [-0.15, -0.1) is 0 Å². The summed E-state index contributed by atoms with van der Waals surface area (Å²) >= 11 is 0. The molecule has 2 heteroatoms. The third kappa shape index (κ3) is 2.30. The Morgan fingerprint density at radius 1 is 1.24 bits per heavy atom. The Labute approximate surface area is 104 Å². The highest BCUT2D eigenvalue weighted by Gasteiger charge is 2.57. The second kappa shape index (κ2) is 4.40. The molecule has 0 N–H and O–H groups in total. The predicted octanol–water partition coefficient (Wildman–Crippen LogP) is 3.52. The van der Waals surface area contributed by atoms with Gasteiger partial charge in [0.1, 0.15) is 0 Å². The zero-order valence-corrected chi connectivity index (χ0v) is 11.1. The van der Waals surface area contributed by atoms with Crippen molar-refractivity contribution in [1.82, 2.24) is 0 Å². The molecular formula is C15H24O2. The van der Waals surface area contributed by atoms with E-state index >= 15 is 0 Å². The Kier molecular flexibility index (Phi) is 3.04. The van der Waals surface area contributed by atoms with Crippen LogP contribution in [0.3, 0.4) is 0 Å². The number of ether oxygens (including phenoxy) is 2. The van der Waals surface area contributed by atoms with Gasteiger partial charge in [-0.1, -0.05) is 25.5 Å². The van der Waals surface area contributed by atoms with Crippen LogP contribution < -0.4 is 0 Å². The molecule has 2 fully saturated rings. The lowest BCUT2D eigenvalue weighted by molar-refractivity contribution is -0.180. The first-order valence-corrected chi connectivity index (χ1v) is 7.09. The third-order valence-corrected chi connectivity index (χ3v) is 5.03. The van der Waals surface area contributed by atoms with E-state index in [1.165, 1.54) is 19.3 Å². The minimum atomic E-state index is 0.0644. The van der Waals surface area contributed by atoms with Crippen LogP contribution in [0.4, 0.5) is 0 Å². The van der Waals surface area contributed by atoms with E-state index in [2.05, 4.69) is 19.9 Å². The smallest absolute Gasteiger partial charge is 0.157 e. The molecule has 1 saturated carbocycles. The van der Waals surface area contributed by atoms with Crippen molar-refractivity contribution in [2.45, 2.75) is 52.2 Å². The van der Waals surface area contributed by atoms with Crippen LogP contribution in [-0.4, -0.2) is 19.5 Å². The van der Waals surface area contributed by atoms with Gasteiger partial charge in [-0.25, -0.2) is 0 Å². The summed E-state index contributed by atoms with van der Waals surface area (Å²) in [5.41, 5.74) is 2.26. The fourth-order valence-corrected chi connectivity index (χ4v) is 3.60. The van der Waals surface area contributed by atoms with E-state index in [1.54, 1.807) is 5.57 Å². The highest BCUT2D eigenvalue weighted by Crippen LogP contribution is 2.64. The molecule has 0 spiro atoms. The molecule has 0 bridgehead atoms. The van der Waals surface area contributed by atoms with Gasteiger partial charge in [0.15, 0.2) is 6.29 Å². The van der Waals surface area contributed by atoms with Gasteiger partial charge in [0.05, 0.1) is 13.2 Å². The van der Waals surface area contributed by atoms with E-state index in [-0.39, 0.29) is 6.29 Å². The van der Waals surface area contributed by atoms with E-state index in [1.807, 2.05) is 0 Å². The number of allylic oxidation sites excluding steroid dienone is 2. The molecule has 0 amide bonds. The van der Waals surface area contributed by atoms with Gasteiger partial charge < -0.3 is 9.47 Å². The largest absolute Gasteiger partial charge is 0.353 e. The van der Waals surface area contributed by atoms with Crippen molar-refractivity contribution in [1.29, 1.82) is 0 Å². The summed E-state index contributed by atoms with van der Waals surface area (Å²) < 4.78 is 11.2. The number of fused-ring (bicyclic) bond motifs is 1. The molecule has 3 rings (SSSR count). The molecule has 0 unspecified atom stereocenters. The van der Waals surface area contributed by atoms with Gasteiger partial charge in [-0.2, -0.15) is 0 Å². The molecule has 0 radical (unpaired) electrons. The van der Waals surface area contributed by atoms with Crippen LogP contribution in [0, 0.1) is 17.3 Å². The second-order valence-electron chi connectivity index (χ2n) is 6.40. The van der Waals surface area contributed by atoms with Crippen molar-refractivity contribution in [2.24, 2.45) is 17.3 Å². The van der Waals surface area contributed by atoms with E-state index in [4.69, 9.17) is 9.47 Å². The topological polar surface area (TPSA) is 18.5 Å². The Balaban J connectivity index is 1.45. The quantitative estimate of drug-likeness (QED) is 0.698. The third-order valence-electron chi connectivity index (χ3n) is 5.03. The molecule has 1 heterocycles. The van der Waals surface area contributed by atoms with Crippen molar-refractivity contribution in [3.63, 3.8) is 0 Å². The zero-order valence-electron chi connectivity index (χ0n) is 11.1. The van der Waals surface area contributed by atoms with Crippen molar-refractivity contribution >= 4 is 0 Å². The van der Waals surface area contributed by atoms with Gasteiger partial charge in [0, 0.05) is 6.42 Å². The van der Waals surface area contributed by atoms with Gasteiger partial charge in [0.25, 0.3) is 0 Å². The maximum atomic E-state index is 5.60. The van der Waals surface area contributed by atoms with Crippen molar-refractivity contribution < 1.29 is 9.47 Å².